The Labute approximate surface area is 402 Å². The molecule has 12 aromatic rings. The minimum atomic E-state index is 0.831. The molecule has 1 heterocycles. The second kappa shape index (κ2) is 18.2. The number of nitrogens with zero attached hydrogens (tertiary/aromatic N) is 4. The van der Waals surface area contributed by atoms with Crippen LogP contribution in [-0.2, 0) is 0 Å². The first kappa shape index (κ1) is 41.1. The van der Waals surface area contributed by atoms with Crippen molar-refractivity contribution in [1.29, 1.82) is 0 Å². The molecule has 0 unspecified atom stereocenters. The van der Waals surface area contributed by atoms with Crippen molar-refractivity contribution < 1.29 is 4.42 Å². The predicted molar refractivity (Wildman–Crippen MR) is 290 cm³/mol. The van der Waals surface area contributed by atoms with E-state index in [2.05, 4.69) is 299 Å². The van der Waals surface area contributed by atoms with Gasteiger partial charge in [-0.2, -0.15) is 0 Å². The number of rotatable bonds is 12. The summed E-state index contributed by atoms with van der Waals surface area (Å²) in [5, 5.41) is 4.35. The highest BCUT2D eigenvalue weighted by atomic mass is 16.3. The van der Waals surface area contributed by atoms with Crippen LogP contribution in [0.15, 0.2) is 283 Å². The van der Waals surface area contributed by atoms with E-state index >= 15 is 0 Å². The average Bonchev–Trinajstić information content (AvgIpc) is 3.79. The van der Waals surface area contributed by atoms with E-state index < -0.39 is 0 Å². The number of fused-ring (bicyclic) bond motifs is 4. The molecule has 12 rings (SSSR count). The first-order valence-corrected chi connectivity index (χ1v) is 23.3. The van der Waals surface area contributed by atoms with Gasteiger partial charge in [0.2, 0.25) is 0 Å². The Morgan fingerprint density at radius 3 is 0.783 bits per heavy atom. The van der Waals surface area contributed by atoms with Crippen molar-refractivity contribution >= 4 is 101 Å². The molecule has 0 aliphatic carbocycles. The molecule has 0 fully saturated rings. The number of para-hydroxylation sites is 6. The normalized spacial score (nSPS) is 11.2. The zero-order chi connectivity index (χ0) is 45.9. The smallest absolute Gasteiger partial charge is 0.135 e. The Hall–Kier alpha value is -9.32. The van der Waals surface area contributed by atoms with Crippen LogP contribution in [0.25, 0.3) is 32.7 Å². The van der Waals surface area contributed by atoms with Crippen LogP contribution >= 0.6 is 0 Å². The van der Waals surface area contributed by atoms with Gasteiger partial charge in [0, 0.05) is 78.4 Å². The number of hydrogen-bond acceptors (Lipinski definition) is 5. The average molecular weight is 887 g/mol. The van der Waals surface area contributed by atoms with Gasteiger partial charge in [0.05, 0.1) is 11.4 Å². The molecule has 0 aliphatic heterocycles. The third-order valence-corrected chi connectivity index (χ3v) is 12.8. The summed E-state index contributed by atoms with van der Waals surface area (Å²) in [5.41, 5.74) is 14.5. The third kappa shape index (κ3) is 7.88. The van der Waals surface area contributed by atoms with Crippen LogP contribution in [0.3, 0.4) is 0 Å². The highest BCUT2D eigenvalue weighted by molar-refractivity contribution is 6.10. The lowest BCUT2D eigenvalue weighted by Crippen LogP contribution is -2.13. The number of anilines is 12. The molecule has 0 spiro atoms. The van der Waals surface area contributed by atoms with E-state index in [-0.39, 0.29) is 0 Å². The van der Waals surface area contributed by atoms with Crippen LogP contribution in [0.2, 0.25) is 0 Å². The first-order chi connectivity index (χ1) is 34.2. The van der Waals surface area contributed by atoms with Crippen molar-refractivity contribution in [2.75, 3.05) is 19.6 Å². The van der Waals surface area contributed by atoms with Crippen molar-refractivity contribution in [2.45, 2.75) is 0 Å². The summed E-state index contributed by atoms with van der Waals surface area (Å²) < 4.78 is 6.62. The van der Waals surface area contributed by atoms with Gasteiger partial charge in [-0.25, -0.2) is 0 Å². The van der Waals surface area contributed by atoms with E-state index in [1.165, 1.54) is 0 Å². The fraction of sp³-hybridized carbons (Fsp3) is 0. The number of hydrogen-bond donors (Lipinski definition) is 0. The first-order valence-electron chi connectivity index (χ1n) is 23.3. The second-order valence-electron chi connectivity index (χ2n) is 17.0. The zero-order valence-electron chi connectivity index (χ0n) is 37.8. The van der Waals surface area contributed by atoms with E-state index in [9.17, 15) is 0 Å². The Morgan fingerprint density at radius 1 is 0.188 bits per heavy atom. The summed E-state index contributed by atoms with van der Waals surface area (Å²) in [6.45, 7) is 0. The molecular weight excluding hydrogens is 841 g/mol. The monoisotopic (exact) mass is 886 g/mol. The standard InChI is InChI=1S/C64H46N4O/c1-7-21-47(22-8-1)65(48-23-9-2-10-24-48)53-35-37-54(38-36-53)66(49-25-11-3-12-26-49)55-39-43-63-59(45-55)60-46-56(40-44-64(60)69-63)68(52-31-17-6-18-32-52)62-42-41-61(57-33-19-20-34-58(57)62)67(50-27-13-4-14-28-50)51-29-15-5-16-30-51/h1-46H. The molecule has 0 saturated carbocycles. The quantitative estimate of drug-likeness (QED) is 0.122. The molecular formula is C64H46N4O. The molecule has 0 N–H and O–H groups in total. The van der Waals surface area contributed by atoms with Crippen molar-refractivity contribution in [2.24, 2.45) is 0 Å². The maximum atomic E-state index is 6.62. The molecule has 328 valence electrons. The van der Waals surface area contributed by atoms with Crippen molar-refractivity contribution in [1.82, 2.24) is 0 Å². The molecule has 0 atom stereocenters. The minimum absolute atomic E-state index is 0.831. The van der Waals surface area contributed by atoms with Crippen molar-refractivity contribution in [3.05, 3.63) is 279 Å². The molecule has 1 aromatic heterocycles. The summed E-state index contributed by atoms with van der Waals surface area (Å²) in [5.74, 6) is 0. The van der Waals surface area contributed by atoms with Crippen LogP contribution in [0.4, 0.5) is 68.2 Å². The molecule has 5 heteroatoms. The van der Waals surface area contributed by atoms with Gasteiger partial charge in [0.1, 0.15) is 11.2 Å². The van der Waals surface area contributed by atoms with E-state index in [0.717, 1.165) is 101 Å². The Balaban J connectivity index is 0.975. The predicted octanol–water partition coefficient (Wildman–Crippen LogP) is 18.6. The largest absolute Gasteiger partial charge is 0.456 e. The van der Waals surface area contributed by atoms with Crippen LogP contribution in [0.1, 0.15) is 0 Å². The van der Waals surface area contributed by atoms with Gasteiger partial charge in [-0.1, -0.05) is 133 Å². The Morgan fingerprint density at radius 2 is 0.435 bits per heavy atom. The molecule has 69 heavy (non-hydrogen) atoms. The van der Waals surface area contributed by atoms with Gasteiger partial charge in [-0.15, -0.1) is 0 Å². The van der Waals surface area contributed by atoms with Gasteiger partial charge < -0.3 is 24.0 Å². The second-order valence-corrected chi connectivity index (χ2v) is 17.0. The topological polar surface area (TPSA) is 26.1 Å². The molecule has 0 aliphatic rings. The van der Waals surface area contributed by atoms with E-state index in [0.29, 0.717) is 0 Å². The SMILES string of the molecule is c1ccc(N(c2ccccc2)c2ccc(N(c3ccccc3)c3ccc4oc5ccc(N(c6ccccc6)c6ccc(N(c7ccccc7)c7ccccc7)c7ccccc67)cc5c4c3)cc2)cc1. The lowest BCUT2D eigenvalue weighted by atomic mass is 10.0. The lowest BCUT2D eigenvalue weighted by Gasteiger charge is -2.30. The summed E-state index contributed by atoms with van der Waals surface area (Å²) in [6, 6.07) is 98.7. The number of benzene rings is 11. The number of furan rings is 1. The lowest BCUT2D eigenvalue weighted by molar-refractivity contribution is 0.669. The van der Waals surface area contributed by atoms with Gasteiger partial charge in [-0.05, 0) is 146 Å². The van der Waals surface area contributed by atoms with Gasteiger partial charge in [0.25, 0.3) is 0 Å². The van der Waals surface area contributed by atoms with E-state index in [1.807, 2.05) is 0 Å². The highest BCUT2D eigenvalue weighted by Gasteiger charge is 2.23. The third-order valence-electron chi connectivity index (χ3n) is 12.8. The molecule has 11 aromatic carbocycles. The van der Waals surface area contributed by atoms with Crippen LogP contribution < -0.4 is 19.6 Å². The highest BCUT2D eigenvalue weighted by Crippen LogP contribution is 2.47. The van der Waals surface area contributed by atoms with Gasteiger partial charge in [0.15, 0.2) is 0 Å². The maximum absolute atomic E-state index is 6.62. The van der Waals surface area contributed by atoms with Crippen LogP contribution in [0, 0.1) is 0 Å². The van der Waals surface area contributed by atoms with Crippen molar-refractivity contribution in [3.8, 4) is 0 Å². The summed E-state index contributed by atoms with van der Waals surface area (Å²) in [7, 11) is 0. The van der Waals surface area contributed by atoms with Crippen LogP contribution in [0.5, 0.6) is 0 Å². The Kier molecular flexibility index (Phi) is 10.8. The van der Waals surface area contributed by atoms with Gasteiger partial charge >= 0.3 is 0 Å². The van der Waals surface area contributed by atoms with Crippen LogP contribution in [-0.4, -0.2) is 0 Å². The molecule has 0 amide bonds. The molecule has 0 radical (unpaired) electrons. The molecule has 0 bridgehead atoms. The molecule has 5 nitrogen and oxygen atoms in total. The molecule has 0 saturated heterocycles. The summed E-state index contributed by atoms with van der Waals surface area (Å²) in [6.07, 6.45) is 0. The zero-order valence-corrected chi connectivity index (χ0v) is 37.8. The maximum Gasteiger partial charge on any atom is 0.135 e. The van der Waals surface area contributed by atoms with E-state index in [4.69, 9.17) is 4.42 Å². The summed E-state index contributed by atoms with van der Waals surface area (Å²) in [4.78, 5) is 9.32. The minimum Gasteiger partial charge on any atom is -0.456 e. The summed E-state index contributed by atoms with van der Waals surface area (Å²) >= 11 is 0. The van der Waals surface area contributed by atoms with Gasteiger partial charge in [-0.3, -0.25) is 0 Å². The van der Waals surface area contributed by atoms with Crippen molar-refractivity contribution in [3.63, 3.8) is 0 Å². The fourth-order valence-corrected chi connectivity index (χ4v) is 9.65. The Bertz CT molecular complexity index is 3580. The fourth-order valence-electron chi connectivity index (χ4n) is 9.65. The van der Waals surface area contributed by atoms with E-state index in [1.54, 1.807) is 0 Å².